The summed E-state index contributed by atoms with van der Waals surface area (Å²) in [5.74, 6) is 0.557. The van der Waals surface area contributed by atoms with E-state index in [1.54, 1.807) is 13.8 Å². The number of ether oxygens (including phenoxy) is 1. The lowest BCUT2D eigenvalue weighted by atomic mass is 10.0. The highest BCUT2D eigenvalue weighted by molar-refractivity contribution is 5.82. The van der Waals surface area contributed by atoms with Crippen LogP contribution in [0.1, 0.15) is 38.1 Å². The van der Waals surface area contributed by atoms with Gasteiger partial charge in [-0.05, 0) is 39.3 Å². The van der Waals surface area contributed by atoms with Crippen molar-refractivity contribution < 1.29 is 13.9 Å². The van der Waals surface area contributed by atoms with E-state index in [0.717, 1.165) is 22.3 Å². The van der Waals surface area contributed by atoms with Crippen molar-refractivity contribution in [2.45, 2.75) is 39.3 Å². The number of para-hydroxylation sites is 1. The zero-order valence-electron chi connectivity index (χ0n) is 12.6. The fraction of sp³-hybridized carbons (Fsp3) is 0.438. The third kappa shape index (κ3) is 2.56. The molecule has 1 N–H and O–H groups in total. The van der Waals surface area contributed by atoms with E-state index in [1.807, 2.05) is 38.1 Å². The minimum Gasteiger partial charge on any atom is -0.468 e. The molecule has 0 radical (unpaired) electrons. The highest BCUT2D eigenvalue weighted by atomic mass is 16.5. The smallest absolute Gasteiger partial charge is 0.325 e. The van der Waals surface area contributed by atoms with Gasteiger partial charge in [-0.2, -0.15) is 0 Å². The summed E-state index contributed by atoms with van der Waals surface area (Å²) in [6.07, 6.45) is 0. The molecular weight excluding hydrogens is 254 g/mol. The lowest BCUT2D eigenvalue weighted by Gasteiger charge is -2.26. The molecular formula is C16H21NO3. The lowest BCUT2D eigenvalue weighted by Crippen LogP contribution is -2.48. The largest absolute Gasteiger partial charge is 0.468 e. The molecule has 2 rings (SSSR count). The lowest BCUT2D eigenvalue weighted by molar-refractivity contribution is -0.147. The van der Waals surface area contributed by atoms with Gasteiger partial charge in [0.15, 0.2) is 0 Å². The van der Waals surface area contributed by atoms with Crippen LogP contribution >= 0.6 is 0 Å². The minimum atomic E-state index is -0.764. The van der Waals surface area contributed by atoms with Crippen molar-refractivity contribution in [3.8, 4) is 0 Å². The zero-order valence-corrected chi connectivity index (χ0v) is 12.6. The molecule has 1 heterocycles. The summed E-state index contributed by atoms with van der Waals surface area (Å²) in [5, 5.41) is 4.36. The summed E-state index contributed by atoms with van der Waals surface area (Å²) in [4.78, 5) is 11.7. The average molecular weight is 275 g/mol. The first kappa shape index (κ1) is 14.6. The number of benzene rings is 1. The fourth-order valence-electron chi connectivity index (χ4n) is 2.53. The summed E-state index contributed by atoms with van der Waals surface area (Å²) in [6.45, 7) is 7.61. The summed E-state index contributed by atoms with van der Waals surface area (Å²) in [5.41, 5.74) is 1.20. The molecule has 2 aromatic rings. The summed E-state index contributed by atoms with van der Waals surface area (Å²) in [6, 6.07) is 7.84. The molecule has 1 aromatic heterocycles. The molecule has 0 amide bonds. The SMILES string of the molecule is COC(=O)C(C)(C)NC(C)c1oc2ccccc2c1C. The van der Waals surface area contributed by atoms with E-state index >= 15 is 0 Å². The van der Waals surface area contributed by atoms with Gasteiger partial charge < -0.3 is 9.15 Å². The Morgan fingerprint density at radius 2 is 2.00 bits per heavy atom. The Morgan fingerprint density at radius 3 is 2.60 bits per heavy atom. The topological polar surface area (TPSA) is 51.5 Å². The van der Waals surface area contributed by atoms with E-state index in [-0.39, 0.29) is 12.0 Å². The summed E-state index contributed by atoms with van der Waals surface area (Å²) < 4.78 is 10.7. The Kier molecular flexibility index (Phi) is 3.86. The number of rotatable bonds is 4. The Hall–Kier alpha value is -1.81. The van der Waals surface area contributed by atoms with Gasteiger partial charge in [0.25, 0.3) is 0 Å². The molecule has 1 atom stereocenters. The molecule has 4 nitrogen and oxygen atoms in total. The van der Waals surface area contributed by atoms with E-state index in [1.165, 1.54) is 7.11 Å². The number of fused-ring (bicyclic) bond motifs is 1. The number of furan rings is 1. The van der Waals surface area contributed by atoms with Crippen molar-refractivity contribution >= 4 is 16.9 Å². The van der Waals surface area contributed by atoms with Crippen LogP contribution in [0.4, 0.5) is 0 Å². The highest BCUT2D eigenvalue weighted by Gasteiger charge is 2.31. The average Bonchev–Trinajstić information content (AvgIpc) is 2.75. The molecule has 4 heteroatoms. The quantitative estimate of drug-likeness (QED) is 0.869. The Bertz CT molecular complexity index is 628. The molecule has 0 aliphatic heterocycles. The molecule has 0 fully saturated rings. The van der Waals surface area contributed by atoms with Crippen molar-refractivity contribution in [2.75, 3.05) is 7.11 Å². The van der Waals surface area contributed by atoms with Crippen molar-refractivity contribution in [1.82, 2.24) is 5.32 Å². The Labute approximate surface area is 119 Å². The van der Waals surface area contributed by atoms with Crippen molar-refractivity contribution in [2.24, 2.45) is 0 Å². The first-order chi connectivity index (χ1) is 9.36. The monoisotopic (exact) mass is 275 g/mol. The molecule has 20 heavy (non-hydrogen) atoms. The van der Waals surface area contributed by atoms with Crippen LogP contribution in [0.25, 0.3) is 11.0 Å². The van der Waals surface area contributed by atoms with Crippen LogP contribution in [0, 0.1) is 6.92 Å². The molecule has 0 saturated heterocycles. The molecule has 1 aromatic carbocycles. The van der Waals surface area contributed by atoms with Gasteiger partial charge in [-0.15, -0.1) is 0 Å². The van der Waals surface area contributed by atoms with Gasteiger partial charge >= 0.3 is 5.97 Å². The highest BCUT2D eigenvalue weighted by Crippen LogP contribution is 2.30. The van der Waals surface area contributed by atoms with Crippen molar-refractivity contribution in [3.63, 3.8) is 0 Å². The molecule has 0 aliphatic carbocycles. The number of carbonyl (C=O) groups excluding carboxylic acids is 1. The predicted octanol–water partition coefficient (Wildman–Crippen LogP) is 3.34. The second-order valence-corrected chi connectivity index (χ2v) is 5.57. The van der Waals surface area contributed by atoms with Gasteiger partial charge in [-0.1, -0.05) is 18.2 Å². The summed E-state index contributed by atoms with van der Waals surface area (Å²) in [7, 11) is 1.39. The predicted molar refractivity (Wildman–Crippen MR) is 78.6 cm³/mol. The van der Waals surface area contributed by atoms with Crippen LogP contribution in [0.2, 0.25) is 0 Å². The van der Waals surface area contributed by atoms with Gasteiger partial charge in [0.05, 0.1) is 13.2 Å². The first-order valence-corrected chi connectivity index (χ1v) is 6.71. The Balaban J connectivity index is 2.30. The molecule has 0 saturated carbocycles. The summed E-state index contributed by atoms with van der Waals surface area (Å²) >= 11 is 0. The van der Waals surface area contributed by atoms with Gasteiger partial charge in [-0.3, -0.25) is 10.1 Å². The maximum atomic E-state index is 11.7. The third-order valence-electron chi connectivity index (χ3n) is 3.55. The molecule has 1 unspecified atom stereocenters. The van der Waals surface area contributed by atoms with E-state index in [4.69, 9.17) is 9.15 Å². The van der Waals surface area contributed by atoms with Crippen LogP contribution in [0.5, 0.6) is 0 Å². The number of hydrogen-bond donors (Lipinski definition) is 1. The van der Waals surface area contributed by atoms with Gasteiger partial charge in [-0.25, -0.2) is 0 Å². The second kappa shape index (κ2) is 5.29. The van der Waals surface area contributed by atoms with E-state index < -0.39 is 5.54 Å². The number of hydrogen-bond acceptors (Lipinski definition) is 4. The van der Waals surface area contributed by atoms with E-state index in [9.17, 15) is 4.79 Å². The second-order valence-electron chi connectivity index (χ2n) is 5.57. The number of esters is 1. The van der Waals surface area contributed by atoms with Crippen molar-refractivity contribution in [1.29, 1.82) is 0 Å². The maximum absolute atomic E-state index is 11.7. The molecule has 108 valence electrons. The van der Waals surface area contributed by atoms with Crippen LogP contribution in [0.3, 0.4) is 0 Å². The fourth-order valence-corrected chi connectivity index (χ4v) is 2.53. The molecule has 0 bridgehead atoms. The normalized spacial score (nSPS) is 13.4. The van der Waals surface area contributed by atoms with Gasteiger partial charge in [0.2, 0.25) is 0 Å². The van der Waals surface area contributed by atoms with Crippen LogP contribution < -0.4 is 5.32 Å². The van der Waals surface area contributed by atoms with Crippen molar-refractivity contribution in [3.05, 3.63) is 35.6 Å². The zero-order chi connectivity index (χ0) is 14.9. The third-order valence-corrected chi connectivity index (χ3v) is 3.55. The van der Waals surface area contributed by atoms with Crippen LogP contribution in [-0.4, -0.2) is 18.6 Å². The number of aryl methyl sites for hydroxylation is 1. The number of nitrogens with one attached hydrogen (secondary N) is 1. The van der Waals surface area contributed by atoms with Gasteiger partial charge in [0.1, 0.15) is 16.9 Å². The number of carbonyl (C=O) groups is 1. The van der Waals surface area contributed by atoms with E-state index in [0.29, 0.717) is 0 Å². The Morgan fingerprint density at radius 1 is 1.35 bits per heavy atom. The van der Waals surface area contributed by atoms with Crippen LogP contribution in [0.15, 0.2) is 28.7 Å². The van der Waals surface area contributed by atoms with Gasteiger partial charge in [0, 0.05) is 5.39 Å². The first-order valence-electron chi connectivity index (χ1n) is 6.71. The maximum Gasteiger partial charge on any atom is 0.325 e. The molecule has 0 aliphatic rings. The number of methoxy groups -OCH3 is 1. The standard InChI is InChI=1S/C16H21NO3/c1-10-12-8-6-7-9-13(12)20-14(10)11(2)17-16(3,4)15(18)19-5/h6-9,11,17H,1-5H3. The minimum absolute atomic E-state index is 0.0866. The molecule has 0 spiro atoms. The van der Waals surface area contributed by atoms with Crippen LogP contribution in [-0.2, 0) is 9.53 Å². The van der Waals surface area contributed by atoms with E-state index in [2.05, 4.69) is 5.32 Å².